The van der Waals surface area contributed by atoms with Crippen molar-refractivity contribution in [2.45, 2.75) is 25.8 Å². The van der Waals surface area contributed by atoms with E-state index in [2.05, 4.69) is 32.5 Å². The molecule has 0 saturated carbocycles. The Kier molecular flexibility index (Phi) is 5.40. The molecular weight excluding hydrogens is 505 g/mol. The summed E-state index contributed by atoms with van der Waals surface area (Å²) in [7, 11) is -0.760. The minimum atomic E-state index is -0.760. The SMILES string of the molecule is Cc1cn(-c2ccc(/C=C3\CC4(CN5C3=NCCC5c3ccc(F)cc3)CS(=O)C4)c3cnsc23)cn1. The number of aromatic nitrogens is 3. The van der Waals surface area contributed by atoms with Crippen molar-refractivity contribution in [2.75, 3.05) is 24.6 Å². The van der Waals surface area contributed by atoms with E-state index in [1.807, 2.05) is 42.3 Å². The molecular formula is C28H26FN5OS2. The molecule has 0 bridgehead atoms. The molecule has 3 aliphatic rings. The van der Waals surface area contributed by atoms with Crippen LogP contribution >= 0.6 is 11.5 Å². The Hall–Kier alpha value is -3.17. The lowest BCUT2D eigenvalue weighted by Crippen LogP contribution is -2.59. The summed E-state index contributed by atoms with van der Waals surface area (Å²) in [5, 5.41) is 1.11. The van der Waals surface area contributed by atoms with E-state index in [1.165, 1.54) is 17.1 Å². The van der Waals surface area contributed by atoms with Crippen LogP contribution < -0.4 is 0 Å². The number of halogens is 1. The van der Waals surface area contributed by atoms with Gasteiger partial charge in [-0.15, -0.1) is 0 Å². The second kappa shape index (κ2) is 8.70. The first-order valence-corrected chi connectivity index (χ1v) is 14.8. The predicted octanol–water partition coefficient (Wildman–Crippen LogP) is 5.31. The fourth-order valence-corrected chi connectivity index (χ4v) is 8.54. The van der Waals surface area contributed by atoms with E-state index in [0.29, 0.717) is 0 Å². The summed E-state index contributed by atoms with van der Waals surface area (Å²) in [6, 6.07) is 11.3. The van der Waals surface area contributed by atoms with Crippen LogP contribution in [0.5, 0.6) is 0 Å². The largest absolute Gasteiger partial charge is 0.349 e. The maximum absolute atomic E-state index is 13.7. The summed E-state index contributed by atoms with van der Waals surface area (Å²) >= 11 is 1.49. The predicted molar refractivity (Wildman–Crippen MR) is 147 cm³/mol. The zero-order chi connectivity index (χ0) is 25.1. The molecule has 6 nitrogen and oxygen atoms in total. The van der Waals surface area contributed by atoms with Crippen LogP contribution in [0.3, 0.4) is 0 Å². The third-order valence-corrected chi connectivity index (χ3v) is 10.4. The molecule has 5 heterocycles. The average molecular weight is 532 g/mol. The standard InChI is InChI=1S/C28H26FN5OS2/c1-18-13-33(17-31-18)25-7-4-20(23-12-32-36-26(23)25)10-21-11-28(15-37(35)16-28)14-34-24(8-9-30-27(21)34)19-2-5-22(29)6-3-19/h2-7,10,12-13,17,24H,8-9,11,14-16H2,1H3/b21-10+. The van der Waals surface area contributed by atoms with Crippen molar-refractivity contribution in [3.8, 4) is 5.69 Å². The van der Waals surface area contributed by atoms with Gasteiger partial charge in [0.1, 0.15) is 11.7 Å². The van der Waals surface area contributed by atoms with Gasteiger partial charge in [0.2, 0.25) is 0 Å². The average Bonchev–Trinajstić information content (AvgIpc) is 3.53. The molecule has 7 rings (SSSR count). The van der Waals surface area contributed by atoms with Crippen molar-refractivity contribution in [2.24, 2.45) is 10.4 Å². The molecule has 0 amide bonds. The highest BCUT2D eigenvalue weighted by Crippen LogP contribution is 2.46. The summed E-state index contributed by atoms with van der Waals surface area (Å²) in [6.07, 6.45) is 9.83. The quantitative estimate of drug-likeness (QED) is 0.359. The molecule has 2 aromatic carbocycles. The number of nitrogens with zero attached hydrogens (tertiary/aromatic N) is 5. The second-order valence-corrected chi connectivity index (χ2v) is 12.7. The Morgan fingerprint density at radius 3 is 2.78 bits per heavy atom. The summed E-state index contributed by atoms with van der Waals surface area (Å²) < 4.78 is 33.6. The summed E-state index contributed by atoms with van der Waals surface area (Å²) in [5.74, 6) is 2.24. The number of imidazole rings is 1. The molecule has 1 spiro atoms. The van der Waals surface area contributed by atoms with E-state index in [0.717, 1.165) is 75.9 Å². The molecule has 1 unspecified atom stereocenters. The van der Waals surface area contributed by atoms with Crippen LogP contribution in [-0.2, 0) is 10.8 Å². The molecule has 1 atom stereocenters. The zero-order valence-electron chi connectivity index (χ0n) is 20.4. The Bertz CT molecular complexity index is 1590. The Morgan fingerprint density at radius 2 is 2.03 bits per heavy atom. The van der Waals surface area contributed by atoms with Crippen molar-refractivity contribution >= 4 is 44.3 Å². The smallest absolute Gasteiger partial charge is 0.127 e. The molecule has 2 aromatic heterocycles. The maximum Gasteiger partial charge on any atom is 0.127 e. The molecule has 188 valence electrons. The van der Waals surface area contributed by atoms with E-state index < -0.39 is 10.8 Å². The maximum atomic E-state index is 13.7. The number of fused-ring (bicyclic) bond motifs is 2. The normalized spacial score (nSPS) is 26.4. The van der Waals surface area contributed by atoms with Crippen molar-refractivity contribution in [1.29, 1.82) is 0 Å². The van der Waals surface area contributed by atoms with E-state index in [1.54, 1.807) is 12.1 Å². The van der Waals surface area contributed by atoms with Gasteiger partial charge in [-0.1, -0.05) is 18.2 Å². The molecule has 37 heavy (non-hydrogen) atoms. The molecule has 9 heteroatoms. The van der Waals surface area contributed by atoms with Gasteiger partial charge in [-0.25, -0.2) is 9.37 Å². The topological polar surface area (TPSA) is 63.4 Å². The van der Waals surface area contributed by atoms with Crippen LogP contribution in [0, 0.1) is 18.2 Å². The summed E-state index contributed by atoms with van der Waals surface area (Å²) in [5.41, 5.74) is 5.45. The first kappa shape index (κ1) is 23.0. The second-order valence-electron chi connectivity index (χ2n) is 10.4. The zero-order valence-corrected chi connectivity index (χ0v) is 22.1. The number of hydrogen-bond donors (Lipinski definition) is 0. The lowest BCUT2D eigenvalue weighted by atomic mass is 9.77. The number of aliphatic imine (C=N–C) groups is 1. The van der Waals surface area contributed by atoms with Gasteiger partial charge in [0.25, 0.3) is 0 Å². The van der Waals surface area contributed by atoms with Crippen LogP contribution in [0.4, 0.5) is 4.39 Å². The highest BCUT2D eigenvalue weighted by atomic mass is 32.2. The van der Waals surface area contributed by atoms with Gasteiger partial charge in [0.05, 0.1) is 28.5 Å². The van der Waals surface area contributed by atoms with Crippen LogP contribution in [0.15, 0.2) is 65.7 Å². The number of hydrogen-bond acceptors (Lipinski definition) is 6. The minimum Gasteiger partial charge on any atom is -0.349 e. The first-order valence-electron chi connectivity index (χ1n) is 12.5. The van der Waals surface area contributed by atoms with Crippen molar-refractivity contribution < 1.29 is 8.60 Å². The highest BCUT2D eigenvalue weighted by molar-refractivity contribution is 7.86. The van der Waals surface area contributed by atoms with Gasteiger partial charge >= 0.3 is 0 Å². The van der Waals surface area contributed by atoms with Gasteiger partial charge in [-0.05, 0) is 72.3 Å². The van der Waals surface area contributed by atoms with Gasteiger partial charge < -0.3 is 9.47 Å². The van der Waals surface area contributed by atoms with Crippen molar-refractivity contribution in [1.82, 2.24) is 18.8 Å². The Balaban J connectivity index is 1.31. The summed E-state index contributed by atoms with van der Waals surface area (Å²) in [6.45, 7) is 3.56. The highest BCUT2D eigenvalue weighted by Gasteiger charge is 2.50. The van der Waals surface area contributed by atoms with E-state index in [9.17, 15) is 8.60 Å². The van der Waals surface area contributed by atoms with Crippen LogP contribution in [0.25, 0.3) is 21.8 Å². The van der Waals surface area contributed by atoms with Gasteiger partial charge in [-0.3, -0.25) is 9.20 Å². The fraction of sp³-hybridized carbons (Fsp3) is 0.321. The molecule has 0 radical (unpaired) electrons. The number of rotatable bonds is 3. The van der Waals surface area contributed by atoms with Crippen molar-refractivity contribution in [3.05, 3.63) is 83.3 Å². The monoisotopic (exact) mass is 531 g/mol. The fourth-order valence-electron chi connectivity index (χ4n) is 6.07. The van der Waals surface area contributed by atoms with Crippen LogP contribution in [-0.4, -0.2) is 53.5 Å². The van der Waals surface area contributed by atoms with Crippen LogP contribution in [0.1, 0.15) is 35.7 Å². The summed E-state index contributed by atoms with van der Waals surface area (Å²) in [4.78, 5) is 11.8. The van der Waals surface area contributed by atoms with E-state index in [4.69, 9.17) is 4.99 Å². The lowest BCUT2D eigenvalue weighted by Gasteiger charge is -2.53. The number of aryl methyl sites for hydroxylation is 1. The molecule has 3 aliphatic heterocycles. The van der Waals surface area contributed by atoms with Gasteiger partial charge in [0.15, 0.2) is 0 Å². The molecule has 0 N–H and O–H groups in total. The third kappa shape index (κ3) is 3.95. The Labute approximate surface area is 221 Å². The molecule has 2 saturated heterocycles. The number of amidine groups is 1. The minimum absolute atomic E-state index is 0.00831. The van der Waals surface area contributed by atoms with Gasteiger partial charge in [-0.2, -0.15) is 4.37 Å². The number of piperidine rings is 1. The van der Waals surface area contributed by atoms with Crippen LogP contribution in [0.2, 0.25) is 0 Å². The molecule has 2 fully saturated rings. The lowest BCUT2D eigenvalue weighted by molar-refractivity contribution is 0.171. The third-order valence-electron chi connectivity index (χ3n) is 7.71. The van der Waals surface area contributed by atoms with Gasteiger partial charge in [0, 0.05) is 58.6 Å². The van der Waals surface area contributed by atoms with E-state index >= 15 is 0 Å². The molecule has 0 aliphatic carbocycles. The first-order chi connectivity index (χ1) is 18.0. The molecule has 4 aromatic rings. The van der Waals surface area contributed by atoms with Crippen molar-refractivity contribution in [3.63, 3.8) is 0 Å². The Morgan fingerprint density at radius 1 is 1.19 bits per heavy atom. The number of benzene rings is 2. The van der Waals surface area contributed by atoms with E-state index in [-0.39, 0.29) is 17.3 Å².